The Morgan fingerprint density at radius 1 is 1.40 bits per heavy atom. The van der Waals surface area contributed by atoms with Crippen molar-refractivity contribution in [1.82, 2.24) is 0 Å². The Morgan fingerprint density at radius 3 is 2.67 bits per heavy atom. The van der Waals surface area contributed by atoms with Gasteiger partial charge in [0.2, 0.25) is 0 Å². The van der Waals surface area contributed by atoms with Gasteiger partial charge in [-0.05, 0) is 30.0 Å². The molecule has 1 rings (SSSR count). The summed E-state index contributed by atoms with van der Waals surface area (Å²) in [6, 6.07) is 5.05. The van der Waals surface area contributed by atoms with Gasteiger partial charge in [-0.15, -0.1) is 0 Å². The van der Waals surface area contributed by atoms with Gasteiger partial charge in [0.1, 0.15) is 0 Å². The smallest absolute Gasteiger partial charge is 0.165 e. The lowest BCUT2D eigenvalue weighted by Gasteiger charge is -2.09. The minimum absolute atomic E-state index is 0.282. The second-order valence-corrected chi connectivity index (χ2v) is 4.49. The predicted molar refractivity (Wildman–Crippen MR) is 64.0 cm³/mol. The van der Waals surface area contributed by atoms with Crippen LogP contribution in [0.5, 0.6) is 5.75 Å². The Balaban J connectivity index is 2.54. The van der Waals surface area contributed by atoms with Gasteiger partial charge in [-0.3, -0.25) is 0 Å². The van der Waals surface area contributed by atoms with E-state index in [9.17, 15) is 4.39 Å². The van der Waals surface area contributed by atoms with Crippen LogP contribution in [0.3, 0.4) is 0 Å². The first-order valence-electron chi connectivity index (χ1n) is 5.10. The molecule has 0 amide bonds. The molecular weight excluding hydrogens is 259 g/mol. The molecule has 0 unspecified atom stereocenters. The van der Waals surface area contributed by atoms with Gasteiger partial charge in [0, 0.05) is 5.33 Å². The second-order valence-electron chi connectivity index (χ2n) is 3.93. The molecule has 15 heavy (non-hydrogen) atoms. The van der Waals surface area contributed by atoms with Gasteiger partial charge in [-0.1, -0.05) is 35.8 Å². The van der Waals surface area contributed by atoms with E-state index in [-0.39, 0.29) is 5.82 Å². The molecule has 1 nitrogen and oxygen atoms in total. The monoisotopic (exact) mass is 274 g/mol. The molecule has 0 aliphatic heterocycles. The van der Waals surface area contributed by atoms with E-state index < -0.39 is 0 Å². The molecule has 3 heteroatoms. The van der Waals surface area contributed by atoms with Gasteiger partial charge in [-0.25, -0.2) is 4.39 Å². The highest BCUT2D eigenvalue weighted by Gasteiger charge is 2.04. The molecule has 0 fully saturated rings. The van der Waals surface area contributed by atoms with E-state index in [1.54, 1.807) is 6.07 Å². The largest absolute Gasteiger partial charge is 0.491 e. The van der Waals surface area contributed by atoms with Gasteiger partial charge < -0.3 is 4.74 Å². The molecule has 0 heterocycles. The molecule has 0 aliphatic rings. The van der Waals surface area contributed by atoms with Crippen molar-refractivity contribution in [3.8, 4) is 5.75 Å². The van der Waals surface area contributed by atoms with Crippen LogP contribution in [0, 0.1) is 11.7 Å². The summed E-state index contributed by atoms with van der Waals surface area (Å²) in [4.78, 5) is 0. The number of benzene rings is 1. The van der Waals surface area contributed by atoms with Crippen molar-refractivity contribution < 1.29 is 9.13 Å². The Morgan fingerprint density at radius 2 is 2.13 bits per heavy atom. The molecule has 1 aromatic rings. The van der Waals surface area contributed by atoms with Crippen LogP contribution in [0.15, 0.2) is 18.2 Å². The van der Waals surface area contributed by atoms with Crippen LogP contribution >= 0.6 is 15.9 Å². The minimum Gasteiger partial charge on any atom is -0.491 e. The number of alkyl halides is 1. The maximum atomic E-state index is 13.4. The van der Waals surface area contributed by atoms with Crippen molar-refractivity contribution in [2.75, 3.05) is 6.61 Å². The lowest BCUT2D eigenvalue weighted by atomic mass is 10.1. The average molecular weight is 275 g/mol. The Kier molecular flexibility index (Phi) is 5.09. The molecule has 0 aliphatic carbocycles. The average Bonchev–Trinajstić information content (AvgIpc) is 2.20. The van der Waals surface area contributed by atoms with Crippen LogP contribution in [0.1, 0.15) is 25.8 Å². The van der Waals surface area contributed by atoms with Gasteiger partial charge in [0.25, 0.3) is 0 Å². The van der Waals surface area contributed by atoms with Crippen molar-refractivity contribution in [1.29, 1.82) is 0 Å². The number of hydrogen-bond acceptors (Lipinski definition) is 1. The summed E-state index contributed by atoms with van der Waals surface area (Å²) in [5.41, 5.74) is 0.920. The van der Waals surface area contributed by atoms with Gasteiger partial charge in [-0.2, -0.15) is 0 Å². The van der Waals surface area contributed by atoms with Crippen molar-refractivity contribution in [3.05, 3.63) is 29.6 Å². The second kappa shape index (κ2) is 6.11. The van der Waals surface area contributed by atoms with Crippen LogP contribution in [0.4, 0.5) is 4.39 Å². The van der Waals surface area contributed by atoms with E-state index in [1.165, 1.54) is 6.07 Å². The van der Waals surface area contributed by atoms with E-state index in [0.29, 0.717) is 23.6 Å². The highest BCUT2D eigenvalue weighted by Crippen LogP contribution is 2.20. The lowest BCUT2D eigenvalue weighted by molar-refractivity contribution is 0.276. The van der Waals surface area contributed by atoms with E-state index in [1.807, 2.05) is 6.07 Å². The first-order valence-corrected chi connectivity index (χ1v) is 6.23. The molecule has 0 saturated carbocycles. The van der Waals surface area contributed by atoms with E-state index in [2.05, 4.69) is 29.8 Å². The maximum absolute atomic E-state index is 13.4. The summed E-state index contributed by atoms with van der Waals surface area (Å²) < 4.78 is 18.8. The van der Waals surface area contributed by atoms with Gasteiger partial charge in [0.15, 0.2) is 11.6 Å². The predicted octanol–water partition coefficient (Wildman–Crippen LogP) is 4.15. The third kappa shape index (κ3) is 4.20. The quantitative estimate of drug-likeness (QED) is 0.734. The fourth-order valence-electron chi connectivity index (χ4n) is 1.15. The van der Waals surface area contributed by atoms with E-state index in [0.717, 1.165) is 12.0 Å². The molecule has 0 radical (unpaired) electrons. The molecule has 84 valence electrons. The first-order chi connectivity index (χ1) is 7.13. The summed E-state index contributed by atoms with van der Waals surface area (Å²) in [7, 11) is 0. The van der Waals surface area contributed by atoms with Crippen molar-refractivity contribution in [2.24, 2.45) is 5.92 Å². The topological polar surface area (TPSA) is 9.23 Å². The highest BCUT2D eigenvalue weighted by molar-refractivity contribution is 9.08. The number of ether oxygens (including phenoxy) is 1. The molecular formula is C12H16BrFO. The third-order valence-electron chi connectivity index (χ3n) is 2.10. The molecule has 0 spiro atoms. The molecule has 0 aromatic heterocycles. The number of rotatable bonds is 5. The fourth-order valence-corrected chi connectivity index (χ4v) is 1.50. The normalized spacial score (nSPS) is 10.7. The summed E-state index contributed by atoms with van der Waals surface area (Å²) in [5, 5.41) is 0.663. The zero-order valence-corrected chi connectivity index (χ0v) is 10.7. The molecule has 1 aromatic carbocycles. The molecule has 0 atom stereocenters. The number of hydrogen-bond donors (Lipinski definition) is 0. The van der Waals surface area contributed by atoms with Crippen LogP contribution in [-0.4, -0.2) is 6.61 Å². The van der Waals surface area contributed by atoms with E-state index in [4.69, 9.17) is 4.74 Å². The third-order valence-corrected chi connectivity index (χ3v) is 2.75. The first kappa shape index (κ1) is 12.5. The minimum atomic E-state index is -0.282. The summed E-state index contributed by atoms with van der Waals surface area (Å²) in [6.45, 7) is 4.81. The van der Waals surface area contributed by atoms with Crippen LogP contribution < -0.4 is 4.74 Å². The number of halogens is 2. The Hall–Kier alpha value is -0.570. The zero-order chi connectivity index (χ0) is 11.3. The van der Waals surface area contributed by atoms with Crippen molar-refractivity contribution in [3.63, 3.8) is 0 Å². The van der Waals surface area contributed by atoms with Crippen molar-refractivity contribution >= 4 is 15.9 Å². The van der Waals surface area contributed by atoms with Gasteiger partial charge >= 0.3 is 0 Å². The molecule has 0 bridgehead atoms. The van der Waals surface area contributed by atoms with Crippen LogP contribution in [0.2, 0.25) is 0 Å². The standard InChI is InChI=1S/C12H16BrFO/c1-9(2)5-6-15-12-4-3-10(8-13)7-11(12)14/h3-4,7,9H,5-6,8H2,1-2H3. The zero-order valence-electron chi connectivity index (χ0n) is 9.09. The fraction of sp³-hybridized carbons (Fsp3) is 0.500. The molecule has 0 saturated heterocycles. The SMILES string of the molecule is CC(C)CCOc1ccc(CBr)cc1F. The lowest BCUT2D eigenvalue weighted by Crippen LogP contribution is -2.02. The maximum Gasteiger partial charge on any atom is 0.165 e. The summed E-state index contributed by atoms with van der Waals surface area (Å²) in [6.07, 6.45) is 0.944. The van der Waals surface area contributed by atoms with Gasteiger partial charge in [0.05, 0.1) is 6.61 Å². The van der Waals surface area contributed by atoms with Crippen molar-refractivity contribution in [2.45, 2.75) is 25.6 Å². The van der Waals surface area contributed by atoms with E-state index >= 15 is 0 Å². The molecule has 0 N–H and O–H groups in total. The van der Waals surface area contributed by atoms with Crippen LogP contribution in [-0.2, 0) is 5.33 Å². The highest BCUT2D eigenvalue weighted by atomic mass is 79.9. The van der Waals surface area contributed by atoms with Crippen LogP contribution in [0.25, 0.3) is 0 Å². The summed E-state index contributed by atoms with van der Waals surface area (Å²) in [5.74, 6) is 0.644. The Bertz CT molecular complexity index is 312. The Labute approximate surface area is 98.8 Å². The summed E-state index contributed by atoms with van der Waals surface area (Å²) >= 11 is 3.28.